The second-order valence-corrected chi connectivity index (χ2v) is 4.06. The minimum absolute atomic E-state index is 0.0756. The van der Waals surface area contributed by atoms with Gasteiger partial charge in [-0.05, 0) is 6.42 Å². The van der Waals surface area contributed by atoms with Crippen LogP contribution in [0, 0.1) is 0 Å². The molecule has 0 aromatic heterocycles. The zero-order valence-corrected chi connectivity index (χ0v) is 11.3. The van der Waals surface area contributed by atoms with E-state index in [-0.39, 0.29) is 18.3 Å². The lowest BCUT2D eigenvalue weighted by Crippen LogP contribution is -2.34. The van der Waals surface area contributed by atoms with Crippen LogP contribution in [0.25, 0.3) is 0 Å². The van der Waals surface area contributed by atoms with Crippen LogP contribution < -0.4 is 11.1 Å². The van der Waals surface area contributed by atoms with Gasteiger partial charge in [-0.3, -0.25) is 9.59 Å². The van der Waals surface area contributed by atoms with E-state index in [0.29, 0.717) is 6.42 Å². The molecule has 6 nitrogen and oxygen atoms in total. The van der Waals surface area contributed by atoms with Crippen LogP contribution in [0.5, 0.6) is 0 Å². The molecule has 0 aliphatic carbocycles. The molecule has 0 rings (SSSR count). The zero-order valence-electron chi connectivity index (χ0n) is 11.3. The first kappa shape index (κ1) is 19.3. The number of hydrogen-bond donors (Lipinski definition) is 4. The zero-order chi connectivity index (χ0) is 14.4. The highest BCUT2D eigenvalue weighted by Crippen LogP contribution is 2.04. The smallest absolute Gasteiger partial charge is 0.426 e. The van der Waals surface area contributed by atoms with Crippen molar-refractivity contribution in [2.45, 2.75) is 52.4 Å². The second kappa shape index (κ2) is 14.0. The maximum atomic E-state index is 11.0. The summed E-state index contributed by atoms with van der Waals surface area (Å²) in [6.45, 7) is 3.45. The Bertz CT molecular complexity index is 221. The minimum atomic E-state index is -1.45. The third-order valence-electron chi connectivity index (χ3n) is 1.99. The molecule has 0 fully saturated rings. The van der Waals surface area contributed by atoms with E-state index in [1.165, 1.54) is 26.2 Å². The van der Waals surface area contributed by atoms with Crippen molar-refractivity contribution in [3.05, 3.63) is 0 Å². The van der Waals surface area contributed by atoms with Crippen molar-refractivity contribution in [2.24, 2.45) is 5.73 Å². The number of nitrogens with two attached hydrogens (primary N) is 1. The Hall–Kier alpha value is -1.08. The van der Waals surface area contributed by atoms with Crippen LogP contribution in [-0.2, 0) is 9.59 Å². The number of carbonyl (C=O) groups excluding carboxylic acids is 2. The molecule has 0 heterocycles. The van der Waals surface area contributed by atoms with Crippen LogP contribution in [0.2, 0.25) is 0 Å². The largest absolute Gasteiger partial charge is 0.472 e. The highest BCUT2D eigenvalue weighted by atomic mass is 16.4. The Kier molecular flexibility index (Phi) is 15.0. The molecular formula is C11H25BN2O4. The van der Waals surface area contributed by atoms with Crippen LogP contribution in [0.15, 0.2) is 0 Å². The molecule has 2 amide bonds. The first-order valence-corrected chi connectivity index (χ1v) is 6.29. The fourth-order valence-corrected chi connectivity index (χ4v) is 1.18. The molecule has 0 aliphatic rings. The molecule has 0 spiro atoms. The fraction of sp³-hybridized carbons (Fsp3) is 0.818. The summed E-state index contributed by atoms with van der Waals surface area (Å²) in [6, 6.07) is 0. The van der Waals surface area contributed by atoms with Crippen molar-refractivity contribution in [1.29, 1.82) is 0 Å². The predicted octanol–water partition coefficient (Wildman–Crippen LogP) is -0.0333. The number of hydrogen-bond acceptors (Lipinski definition) is 4. The number of primary amides is 1. The molecule has 0 atom stereocenters. The Morgan fingerprint density at radius 2 is 1.67 bits per heavy atom. The van der Waals surface area contributed by atoms with Gasteiger partial charge in [0.25, 0.3) is 0 Å². The summed E-state index contributed by atoms with van der Waals surface area (Å²) in [5.74, 6) is -0.436. The molecule has 0 aromatic rings. The van der Waals surface area contributed by atoms with Crippen molar-refractivity contribution in [3.8, 4) is 0 Å². The molecule has 0 saturated heterocycles. The molecule has 5 N–H and O–H groups in total. The van der Waals surface area contributed by atoms with Gasteiger partial charge in [-0.1, -0.05) is 32.6 Å². The van der Waals surface area contributed by atoms with Gasteiger partial charge >= 0.3 is 7.12 Å². The summed E-state index contributed by atoms with van der Waals surface area (Å²) >= 11 is 0. The van der Waals surface area contributed by atoms with E-state index in [0.717, 1.165) is 12.8 Å². The minimum Gasteiger partial charge on any atom is -0.426 e. The molecular weight excluding hydrogens is 235 g/mol. The Balaban J connectivity index is 0. The SMILES string of the molecule is CC(N)=O.CCCCCCCC(=O)NCB(O)O. The van der Waals surface area contributed by atoms with E-state index in [9.17, 15) is 9.59 Å². The van der Waals surface area contributed by atoms with Crippen molar-refractivity contribution >= 4 is 18.9 Å². The fourth-order valence-electron chi connectivity index (χ4n) is 1.18. The molecule has 18 heavy (non-hydrogen) atoms. The molecule has 106 valence electrons. The van der Waals surface area contributed by atoms with Crippen molar-refractivity contribution in [3.63, 3.8) is 0 Å². The maximum Gasteiger partial charge on any atom is 0.472 e. The van der Waals surface area contributed by atoms with Crippen LogP contribution in [0.3, 0.4) is 0 Å². The Morgan fingerprint density at radius 1 is 1.17 bits per heavy atom. The first-order valence-electron chi connectivity index (χ1n) is 6.29. The maximum absolute atomic E-state index is 11.0. The molecule has 0 aromatic carbocycles. The summed E-state index contributed by atoms with van der Waals surface area (Å²) in [5.41, 5.74) is 4.47. The van der Waals surface area contributed by atoms with Crippen LogP contribution in [-0.4, -0.2) is 35.4 Å². The lowest BCUT2D eigenvalue weighted by Gasteiger charge is -2.03. The third-order valence-corrected chi connectivity index (χ3v) is 1.99. The first-order chi connectivity index (χ1) is 8.40. The number of rotatable bonds is 8. The highest BCUT2D eigenvalue weighted by Gasteiger charge is 2.08. The lowest BCUT2D eigenvalue weighted by atomic mass is 9.92. The van der Waals surface area contributed by atoms with Gasteiger partial charge in [-0.25, -0.2) is 0 Å². The van der Waals surface area contributed by atoms with E-state index < -0.39 is 7.12 Å². The van der Waals surface area contributed by atoms with Gasteiger partial charge in [-0.2, -0.15) is 0 Å². The third kappa shape index (κ3) is 24.2. The topological polar surface area (TPSA) is 113 Å². The van der Waals surface area contributed by atoms with E-state index in [1.807, 2.05) is 0 Å². The predicted molar refractivity (Wildman–Crippen MR) is 71.4 cm³/mol. The van der Waals surface area contributed by atoms with Crippen molar-refractivity contribution < 1.29 is 19.6 Å². The van der Waals surface area contributed by atoms with Crippen LogP contribution in [0.4, 0.5) is 0 Å². The van der Waals surface area contributed by atoms with Gasteiger partial charge in [-0.15, -0.1) is 0 Å². The molecule has 0 radical (unpaired) electrons. The van der Waals surface area contributed by atoms with E-state index in [1.54, 1.807) is 0 Å². The van der Waals surface area contributed by atoms with Gasteiger partial charge in [0.1, 0.15) is 0 Å². The number of amides is 2. The summed E-state index contributed by atoms with van der Waals surface area (Å²) in [7, 11) is -1.45. The number of nitrogens with one attached hydrogen (secondary N) is 1. The van der Waals surface area contributed by atoms with Gasteiger partial charge in [0.05, 0.1) is 6.44 Å². The van der Waals surface area contributed by atoms with Gasteiger partial charge in [0.2, 0.25) is 11.8 Å². The highest BCUT2D eigenvalue weighted by molar-refractivity contribution is 6.41. The van der Waals surface area contributed by atoms with Gasteiger partial charge < -0.3 is 21.1 Å². The summed E-state index contributed by atoms with van der Waals surface area (Å²) < 4.78 is 0. The second-order valence-electron chi connectivity index (χ2n) is 4.06. The van der Waals surface area contributed by atoms with Gasteiger partial charge in [0.15, 0.2) is 0 Å². The van der Waals surface area contributed by atoms with Crippen LogP contribution >= 0.6 is 0 Å². The average molecular weight is 260 g/mol. The van der Waals surface area contributed by atoms with Crippen LogP contribution in [0.1, 0.15) is 52.4 Å². The van der Waals surface area contributed by atoms with E-state index in [4.69, 9.17) is 10.0 Å². The monoisotopic (exact) mass is 260 g/mol. The molecule has 0 aliphatic heterocycles. The molecule has 0 bridgehead atoms. The number of carbonyl (C=O) groups is 2. The summed E-state index contributed by atoms with van der Waals surface area (Å²) in [5, 5.41) is 19.4. The number of unbranched alkanes of at least 4 members (excludes halogenated alkanes) is 4. The van der Waals surface area contributed by atoms with Gasteiger partial charge in [0, 0.05) is 13.3 Å². The average Bonchev–Trinajstić information content (AvgIpc) is 2.25. The molecule has 0 saturated carbocycles. The van der Waals surface area contributed by atoms with Crippen molar-refractivity contribution in [1.82, 2.24) is 5.32 Å². The van der Waals surface area contributed by atoms with E-state index in [2.05, 4.69) is 18.0 Å². The normalized spacial score (nSPS) is 9.11. The summed E-state index contributed by atoms with van der Waals surface area (Å²) in [4.78, 5) is 20.3. The van der Waals surface area contributed by atoms with Crippen molar-refractivity contribution in [2.75, 3.05) is 6.44 Å². The summed E-state index contributed by atoms with van der Waals surface area (Å²) in [6.07, 6.45) is 5.95. The van der Waals surface area contributed by atoms with E-state index >= 15 is 0 Å². The molecule has 7 heteroatoms. The lowest BCUT2D eigenvalue weighted by molar-refractivity contribution is -0.121. The Morgan fingerprint density at radius 3 is 2.11 bits per heavy atom. The Labute approximate surface area is 109 Å². The standard InChI is InChI=1S/C9H20BNO3.C2H5NO/c1-2-3-4-5-6-7-9(12)11-8-10(13)14;1-2(3)4/h13-14H,2-8H2,1H3,(H,11,12);1H3,(H2,3,4). The molecule has 0 unspecified atom stereocenters. The quantitative estimate of drug-likeness (QED) is 0.362.